The van der Waals surface area contributed by atoms with Crippen LogP contribution in [0.3, 0.4) is 0 Å². The zero-order valence-corrected chi connectivity index (χ0v) is 16.4. The lowest BCUT2D eigenvalue weighted by atomic mass is 9.92. The van der Waals surface area contributed by atoms with Gasteiger partial charge in [0, 0.05) is 36.8 Å². The van der Waals surface area contributed by atoms with Crippen LogP contribution < -0.4 is 0 Å². The number of amides is 1. The molecule has 0 saturated carbocycles. The van der Waals surface area contributed by atoms with Gasteiger partial charge in [-0.05, 0) is 42.2 Å². The third-order valence-electron chi connectivity index (χ3n) is 5.62. The van der Waals surface area contributed by atoms with Crippen LogP contribution in [0.15, 0.2) is 72.8 Å². The Morgan fingerprint density at radius 3 is 2.41 bits per heavy atom. The topological polar surface area (TPSA) is 33.2 Å². The van der Waals surface area contributed by atoms with Gasteiger partial charge in [-0.1, -0.05) is 54.6 Å². The lowest BCUT2D eigenvalue weighted by molar-refractivity contribution is -0.131. The van der Waals surface area contributed by atoms with E-state index < -0.39 is 0 Å². The fourth-order valence-corrected chi connectivity index (χ4v) is 3.97. The van der Waals surface area contributed by atoms with Crippen molar-refractivity contribution in [3.63, 3.8) is 0 Å². The van der Waals surface area contributed by atoms with Crippen molar-refractivity contribution in [3.05, 3.63) is 101 Å². The molecule has 2 aromatic carbocycles. The second-order valence-corrected chi connectivity index (χ2v) is 7.64. The van der Waals surface area contributed by atoms with Crippen molar-refractivity contribution in [1.29, 1.82) is 0 Å². The lowest BCUT2D eigenvalue weighted by Crippen LogP contribution is -2.38. The van der Waals surface area contributed by atoms with Crippen molar-refractivity contribution in [1.82, 2.24) is 9.88 Å². The summed E-state index contributed by atoms with van der Waals surface area (Å²) in [5.41, 5.74) is 3.66. The van der Waals surface area contributed by atoms with E-state index in [1.165, 1.54) is 6.07 Å². The molecule has 0 atom stereocenters. The number of hydrogen-bond donors (Lipinski definition) is 0. The van der Waals surface area contributed by atoms with Crippen molar-refractivity contribution in [2.45, 2.75) is 31.6 Å². The molecule has 4 rings (SSSR count). The molecule has 1 saturated heterocycles. The van der Waals surface area contributed by atoms with Gasteiger partial charge in [0.15, 0.2) is 0 Å². The number of piperidine rings is 1. The van der Waals surface area contributed by atoms with Crippen LogP contribution >= 0.6 is 0 Å². The van der Waals surface area contributed by atoms with Crippen molar-refractivity contribution in [2.24, 2.45) is 0 Å². The van der Waals surface area contributed by atoms with Gasteiger partial charge in [0.25, 0.3) is 0 Å². The first-order valence-electron chi connectivity index (χ1n) is 10.2. The van der Waals surface area contributed by atoms with Crippen LogP contribution in [-0.2, 0) is 17.6 Å². The monoisotopic (exact) mass is 388 g/mol. The summed E-state index contributed by atoms with van der Waals surface area (Å²) < 4.78 is 13.9. The number of benzene rings is 2. The van der Waals surface area contributed by atoms with Crippen LogP contribution in [-0.4, -0.2) is 28.9 Å². The number of likely N-dealkylation sites (tertiary alicyclic amines) is 1. The van der Waals surface area contributed by atoms with Gasteiger partial charge in [0.05, 0.1) is 6.42 Å². The molecule has 1 fully saturated rings. The molecule has 1 amide bonds. The summed E-state index contributed by atoms with van der Waals surface area (Å²) in [6, 6.07) is 22.8. The molecule has 3 nitrogen and oxygen atoms in total. The SMILES string of the molecule is O=C(Cc1ccccc1)N1CCC(c2cccc(Cc3ccccc3F)n2)CC1. The fraction of sp³-hybridized carbons (Fsp3) is 0.280. The zero-order valence-electron chi connectivity index (χ0n) is 16.4. The molecule has 4 heteroatoms. The highest BCUT2D eigenvalue weighted by molar-refractivity contribution is 5.78. The molecule has 0 spiro atoms. The van der Waals surface area contributed by atoms with Crippen LogP contribution in [0.4, 0.5) is 4.39 Å². The number of halogens is 1. The van der Waals surface area contributed by atoms with Crippen molar-refractivity contribution in [3.8, 4) is 0 Å². The molecule has 3 aromatic rings. The molecule has 0 aliphatic carbocycles. The Labute approximate surface area is 171 Å². The molecule has 0 unspecified atom stereocenters. The highest BCUT2D eigenvalue weighted by atomic mass is 19.1. The maximum absolute atomic E-state index is 13.9. The minimum atomic E-state index is -0.190. The Hall–Kier alpha value is -3.01. The standard InChI is InChI=1S/C25H25FN2O/c26-23-11-5-4-9-21(23)18-22-10-6-12-24(27-22)20-13-15-28(16-14-20)25(29)17-19-7-2-1-3-8-19/h1-12,20H,13-18H2. The number of pyridine rings is 1. The zero-order chi connectivity index (χ0) is 20.1. The van der Waals surface area contributed by atoms with E-state index in [9.17, 15) is 9.18 Å². The maximum atomic E-state index is 13.9. The Kier molecular flexibility index (Phi) is 5.99. The van der Waals surface area contributed by atoms with Crippen LogP contribution in [0.1, 0.15) is 41.3 Å². The van der Waals surface area contributed by atoms with E-state index in [4.69, 9.17) is 4.98 Å². The van der Waals surface area contributed by atoms with Crippen molar-refractivity contribution >= 4 is 5.91 Å². The van der Waals surface area contributed by atoms with Gasteiger partial charge < -0.3 is 4.90 Å². The predicted octanol–water partition coefficient (Wildman–Crippen LogP) is 4.76. The average Bonchev–Trinajstić information content (AvgIpc) is 2.76. The highest BCUT2D eigenvalue weighted by Crippen LogP contribution is 2.27. The Bertz CT molecular complexity index is 965. The smallest absolute Gasteiger partial charge is 0.226 e. The molecule has 1 aromatic heterocycles. The van der Waals surface area contributed by atoms with E-state index in [-0.39, 0.29) is 11.7 Å². The second-order valence-electron chi connectivity index (χ2n) is 7.64. The Morgan fingerprint density at radius 2 is 1.66 bits per heavy atom. The number of carbonyl (C=O) groups excluding carboxylic acids is 1. The number of carbonyl (C=O) groups is 1. The van der Waals surface area contributed by atoms with Gasteiger partial charge in [-0.3, -0.25) is 9.78 Å². The van der Waals surface area contributed by atoms with Gasteiger partial charge in [-0.15, -0.1) is 0 Å². The van der Waals surface area contributed by atoms with E-state index in [0.717, 1.165) is 42.9 Å². The summed E-state index contributed by atoms with van der Waals surface area (Å²) in [5.74, 6) is 0.345. The van der Waals surface area contributed by atoms with E-state index in [1.54, 1.807) is 12.1 Å². The van der Waals surface area contributed by atoms with Crippen LogP contribution in [0, 0.1) is 5.82 Å². The second kappa shape index (κ2) is 8.99. The number of nitrogens with zero attached hydrogens (tertiary/aromatic N) is 2. The summed E-state index contributed by atoms with van der Waals surface area (Å²) in [5, 5.41) is 0. The summed E-state index contributed by atoms with van der Waals surface area (Å²) in [7, 11) is 0. The predicted molar refractivity (Wildman–Crippen MR) is 112 cm³/mol. The summed E-state index contributed by atoms with van der Waals surface area (Å²) in [6.45, 7) is 1.52. The molecule has 29 heavy (non-hydrogen) atoms. The van der Waals surface area contributed by atoms with Gasteiger partial charge >= 0.3 is 0 Å². The van der Waals surface area contributed by atoms with Crippen LogP contribution in [0.25, 0.3) is 0 Å². The average molecular weight is 388 g/mol. The minimum absolute atomic E-state index is 0.190. The third-order valence-corrected chi connectivity index (χ3v) is 5.62. The first-order chi connectivity index (χ1) is 14.2. The minimum Gasteiger partial charge on any atom is -0.342 e. The molecule has 2 heterocycles. The van der Waals surface area contributed by atoms with Gasteiger partial charge in [-0.2, -0.15) is 0 Å². The van der Waals surface area contributed by atoms with Crippen LogP contribution in [0.5, 0.6) is 0 Å². The van der Waals surface area contributed by atoms with E-state index in [0.29, 0.717) is 24.3 Å². The number of hydrogen-bond acceptors (Lipinski definition) is 2. The first kappa shape index (κ1) is 19.3. The largest absolute Gasteiger partial charge is 0.342 e. The fourth-order valence-electron chi connectivity index (χ4n) is 3.97. The van der Waals surface area contributed by atoms with Crippen molar-refractivity contribution in [2.75, 3.05) is 13.1 Å². The normalized spacial score (nSPS) is 14.7. The molecular formula is C25H25FN2O. The van der Waals surface area contributed by atoms with Crippen LogP contribution in [0.2, 0.25) is 0 Å². The molecule has 0 bridgehead atoms. The Balaban J connectivity index is 1.36. The number of rotatable bonds is 5. The van der Waals surface area contributed by atoms with Gasteiger partial charge in [0.1, 0.15) is 5.82 Å². The Morgan fingerprint density at radius 1 is 0.931 bits per heavy atom. The van der Waals surface area contributed by atoms with Gasteiger partial charge in [-0.25, -0.2) is 4.39 Å². The van der Waals surface area contributed by atoms with E-state index in [2.05, 4.69) is 6.07 Å². The quantitative estimate of drug-likeness (QED) is 0.631. The molecule has 1 aliphatic heterocycles. The third kappa shape index (κ3) is 4.89. The summed E-state index contributed by atoms with van der Waals surface area (Å²) in [6.07, 6.45) is 2.78. The summed E-state index contributed by atoms with van der Waals surface area (Å²) >= 11 is 0. The molecule has 1 aliphatic rings. The first-order valence-corrected chi connectivity index (χ1v) is 10.2. The number of aromatic nitrogens is 1. The van der Waals surface area contributed by atoms with Gasteiger partial charge in [0.2, 0.25) is 5.91 Å². The molecule has 0 N–H and O–H groups in total. The lowest BCUT2D eigenvalue weighted by Gasteiger charge is -2.32. The molecular weight excluding hydrogens is 363 g/mol. The molecule has 148 valence electrons. The summed E-state index contributed by atoms with van der Waals surface area (Å²) in [4.78, 5) is 19.3. The van der Waals surface area contributed by atoms with Crippen molar-refractivity contribution < 1.29 is 9.18 Å². The maximum Gasteiger partial charge on any atom is 0.226 e. The van der Waals surface area contributed by atoms with E-state index >= 15 is 0 Å². The highest BCUT2D eigenvalue weighted by Gasteiger charge is 2.24. The molecule has 0 radical (unpaired) electrons. The van der Waals surface area contributed by atoms with E-state index in [1.807, 2.05) is 53.4 Å².